The van der Waals surface area contributed by atoms with Crippen molar-refractivity contribution in [2.24, 2.45) is 0 Å². The summed E-state index contributed by atoms with van der Waals surface area (Å²) >= 11 is 0. The lowest BCUT2D eigenvalue weighted by molar-refractivity contribution is -0.151. The van der Waals surface area contributed by atoms with Gasteiger partial charge in [0.05, 0.1) is 11.1 Å². The number of benzene rings is 1. The average molecular weight is 387 g/mol. The molecule has 1 aliphatic heterocycles. The molecular formula is C19H21N3O6. The maximum Gasteiger partial charge on any atom is 0.329 e. The number of hydrogen-bond acceptors (Lipinski definition) is 6. The first-order chi connectivity index (χ1) is 13.4. The molecule has 0 bridgehead atoms. The second-order valence-electron chi connectivity index (χ2n) is 6.81. The summed E-state index contributed by atoms with van der Waals surface area (Å²) in [6.45, 7) is 0.652. The number of hydrogen-bond donors (Lipinski definition) is 2. The fraction of sp³-hybridized carbons (Fsp3) is 0.421. The highest BCUT2D eigenvalue weighted by Gasteiger charge is 2.41. The molecule has 1 aliphatic carbocycles. The predicted octanol–water partition coefficient (Wildman–Crippen LogP) is 0.983. The van der Waals surface area contributed by atoms with Crippen LogP contribution in [0.15, 0.2) is 24.3 Å². The van der Waals surface area contributed by atoms with E-state index in [1.165, 1.54) is 19.1 Å². The normalized spacial score (nSPS) is 17.2. The number of urea groups is 1. The zero-order valence-corrected chi connectivity index (χ0v) is 15.4. The van der Waals surface area contributed by atoms with Crippen molar-refractivity contribution in [2.45, 2.75) is 44.7 Å². The number of nitrogens with one attached hydrogen (secondary N) is 2. The summed E-state index contributed by atoms with van der Waals surface area (Å²) in [5.74, 6) is -2.89. The third-order valence-corrected chi connectivity index (χ3v) is 4.84. The van der Waals surface area contributed by atoms with E-state index in [-0.39, 0.29) is 17.2 Å². The van der Waals surface area contributed by atoms with Gasteiger partial charge in [0, 0.05) is 6.04 Å². The molecule has 3 rings (SSSR count). The number of imide groups is 2. The Balaban J connectivity index is 1.49. The van der Waals surface area contributed by atoms with E-state index in [1.807, 2.05) is 0 Å². The summed E-state index contributed by atoms with van der Waals surface area (Å²) in [4.78, 5) is 61.2. The summed E-state index contributed by atoms with van der Waals surface area (Å²) in [6.07, 6.45) is 3.81. The molecule has 1 aromatic rings. The van der Waals surface area contributed by atoms with E-state index >= 15 is 0 Å². The zero-order valence-electron chi connectivity index (χ0n) is 15.4. The molecule has 9 heteroatoms. The van der Waals surface area contributed by atoms with Crippen LogP contribution < -0.4 is 10.6 Å². The Morgan fingerprint density at radius 1 is 1.11 bits per heavy atom. The molecule has 2 aliphatic rings. The van der Waals surface area contributed by atoms with Gasteiger partial charge < -0.3 is 10.1 Å². The van der Waals surface area contributed by atoms with Crippen LogP contribution in [0.25, 0.3) is 0 Å². The van der Waals surface area contributed by atoms with Gasteiger partial charge in [-0.3, -0.25) is 24.6 Å². The molecule has 148 valence electrons. The Morgan fingerprint density at radius 3 is 2.25 bits per heavy atom. The molecule has 1 aromatic carbocycles. The third-order valence-electron chi connectivity index (χ3n) is 4.84. The van der Waals surface area contributed by atoms with Crippen molar-refractivity contribution in [1.82, 2.24) is 15.5 Å². The van der Waals surface area contributed by atoms with Gasteiger partial charge in [-0.2, -0.15) is 0 Å². The van der Waals surface area contributed by atoms with Crippen molar-refractivity contribution >= 4 is 29.7 Å². The molecule has 28 heavy (non-hydrogen) atoms. The smallest absolute Gasteiger partial charge is 0.329 e. The highest BCUT2D eigenvalue weighted by Crippen LogP contribution is 2.24. The highest BCUT2D eigenvalue weighted by atomic mass is 16.5. The Labute approximate surface area is 161 Å². The number of fused-ring (bicyclic) bond motifs is 1. The predicted molar refractivity (Wildman–Crippen MR) is 96.3 cm³/mol. The maximum atomic E-state index is 12.4. The second-order valence-corrected chi connectivity index (χ2v) is 6.81. The third kappa shape index (κ3) is 4.03. The molecule has 9 nitrogen and oxygen atoms in total. The first-order valence-electron chi connectivity index (χ1n) is 9.12. The number of carbonyl (C=O) groups is 5. The quantitative estimate of drug-likeness (QED) is 0.574. The molecule has 1 heterocycles. The average Bonchev–Trinajstić information content (AvgIpc) is 3.26. The van der Waals surface area contributed by atoms with Crippen molar-refractivity contribution in [1.29, 1.82) is 0 Å². The van der Waals surface area contributed by atoms with Crippen molar-refractivity contribution in [2.75, 3.05) is 6.61 Å². The van der Waals surface area contributed by atoms with E-state index in [0.29, 0.717) is 0 Å². The lowest BCUT2D eigenvalue weighted by Crippen LogP contribution is -2.46. The van der Waals surface area contributed by atoms with Gasteiger partial charge in [-0.15, -0.1) is 0 Å². The van der Waals surface area contributed by atoms with Crippen LogP contribution in [-0.2, 0) is 14.3 Å². The lowest BCUT2D eigenvalue weighted by atomic mass is 10.1. The number of esters is 1. The fourth-order valence-corrected chi connectivity index (χ4v) is 3.38. The van der Waals surface area contributed by atoms with Gasteiger partial charge >= 0.3 is 12.0 Å². The van der Waals surface area contributed by atoms with Crippen LogP contribution in [-0.4, -0.2) is 53.3 Å². The van der Waals surface area contributed by atoms with Gasteiger partial charge in [-0.1, -0.05) is 25.0 Å². The number of carbonyl (C=O) groups excluding carboxylic acids is 5. The van der Waals surface area contributed by atoms with Crippen LogP contribution >= 0.6 is 0 Å². The fourth-order valence-electron chi connectivity index (χ4n) is 3.38. The van der Waals surface area contributed by atoms with Crippen LogP contribution in [0, 0.1) is 0 Å². The van der Waals surface area contributed by atoms with Crippen LogP contribution in [0.1, 0.15) is 53.3 Å². The SMILES string of the molecule is CC(C(=O)OCC(=O)NC(=O)NC1CCCC1)N1C(=O)c2ccccc2C1=O. The van der Waals surface area contributed by atoms with Gasteiger partial charge in [-0.05, 0) is 31.9 Å². The lowest BCUT2D eigenvalue weighted by Gasteiger charge is -2.20. The molecule has 2 N–H and O–H groups in total. The molecule has 1 atom stereocenters. The van der Waals surface area contributed by atoms with Gasteiger partial charge in [-0.25, -0.2) is 9.59 Å². The van der Waals surface area contributed by atoms with E-state index < -0.39 is 42.4 Å². The Kier molecular flexibility index (Phi) is 5.72. The molecule has 0 aromatic heterocycles. The van der Waals surface area contributed by atoms with E-state index in [9.17, 15) is 24.0 Å². The van der Waals surface area contributed by atoms with E-state index in [1.54, 1.807) is 12.1 Å². The second kappa shape index (κ2) is 8.20. The zero-order chi connectivity index (χ0) is 20.3. The van der Waals surface area contributed by atoms with E-state index in [2.05, 4.69) is 10.6 Å². The summed E-state index contributed by atoms with van der Waals surface area (Å²) in [5, 5.41) is 4.77. The minimum atomic E-state index is -1.20. The van der Waals surface area contributed by atoms with Gasteiger partial charge in [0.15, 0.2) is 6.61 Å². The van der Waals surface area contributed by atoms with Crippen LogP contribution in [0.4, 0.5) is 4.79 Å². The largest absolute Gasteiger partial charge is 0.454 e. The molecule has 1 saturated carbocycles. The maximum absolute atomic E-state index is 12.4. The molecule has 1 fully saturated rings. The minimum Gasteiger partial charge on any atom is -0.454 e. The summed E-state index contributed by atoms with van der Waals surface area (Å²) in [6, 6.07) is 4.46. The molecule has 1 unspecified atom stereocenters. The first-order valence-corrected chi connectivity index (χ1v) is 9.12. The molecule has 0 radical (unpaired) electrons. The Bertz CT molecular complexity index is 796. The highest BCUT2D eigenvalue weighted by molar-refractivity contribution is 6.22. The first kappa shape index (κ1) is 19.5. The number of amides is 5. The van der Waals surface area contributed by atoms with Crippen LogP contribution in [0.3, 0.4) is 0 Å². The molecule has 0 spiro atoms. The van der Waals surface area contributed by atoms with Gasteiger partial charge in [0.25, 0.3) is 17.7 Å². The van der Waals surface area contributed by atoms with Gasteiger partial charge in [0.2, 0.25) is 0 Å². The molecule has 5 amide bonds. The number of rotatable bonds is 5. The number of nitrogens with zero attached hydrogens (tertiary/aromatic N) is 1. The van der Waals surface area contributed by atoms with Crippen LogP contribution in [0.2, 0.25) is 0 Å². The molecule has 0 saturated heterocycles. The Hall–Kier alpha value is -3.23. The van der Waals surface area contributed by atoms with Crippen LogP contribution in [0.5, 0.6) is 0 Å². The van der Waals surface area contributed by atoms with E-state index in [0.717, 1.165) is 30.6 Å². The van der Waals surface area contributed by atoms with Gasteiger partial charge in [0.1, 0.15) is 6.04 Å². The van der Waals surface area contributed by atoms with E-state index in [4.69, 9.17) is 4.74 Å². The standard InChI is InChI=1S/C19H21N3O6/c1-11(22-16(24)13-8-4-5-9-14(13)17(22)25)18(26)28-10-15(23)21-19(27)20-12-6-2-3-7-12/h4-5,8-9,11-12H,2-3,6-7,10H2,1H3,(H2,20,21,23,27). The van der Waals surface area contributed by atoms with Crippen molar-refractivity contribution < 1.29 is 28.7 Å². The number of ether oxygens (including phenoxy) is 1. The monoisotopic (exact) mass is 387 g/mol. The summed E-state index contributed by atoms with van der Waals surface area (Å²) < 4.78 is 4.87. The topological polar surface area (TPSA) is 122 Å². The van der Waals surface area contributed by atoms with Crippen molar-refractivity contribution in [3.63, 3.8) is 0 Å². The summed E-state index contributed by atoms with van der Waals surface area (Å²) in [5.41, 5.74) is 0.432. The summed E-state index contributed by atoms with van der Waals surface area (Å²) in [7, 11) is 0. The minimum absolute atomic E-state index is 0.0456. The Morgan fingerprint density at radius 2 is 1.68 bits per heavy atom. The van der Waals surface area contributed by atoms with Crippen molar-refractivity contribution in [3.8, 4) is 0 Å². The van der Waals surface area contributed by atoms with Crippen molar-refractivity contribution in [3.05, 3.63) is 35.4 Å². The molecular weight excluding hydrogens is 366 g/mol.